The summed E-state index contributed by atoms with van der Waals surface area (Å²) in [5, 5.41) is 11.6. The Morgan fingerprint density at radius 1 is 0.863 bits per heavy atom. The molecule has 4 N–H and O–H groups in total. The second-order valence-corrected chi connectivity index (χ2v) is 16.2. The Hall–Kier alpha value is -3.90. The van der Waals surface area contributed by atoms with Crippen LogP contribution < -0.4 is 21.3 Å². The lowest BCUT2D eigenvalue weighted by atomic mass is 9.79. The zero-order valence-electron chi connectivity index (χ0n) is 30.7. The van der Waals surface area contributed by atoms with Crippen molar-refractivity contribution in [2.24, 2.45) is 23.2 Å². The first kappa shape index (κ1) is 38.3. The number of fused-ring (bicyclic) bond motifs is 1. The van der Waals surface area contributed by atoms with Crippen molar-refractivity contribution >= 4 is 35.3 Å². The number of hydrogen-bond donors (Lipinski definition) is 4. The lowest BCUT2D eigenvalue weighted by molar-refractivity contribution is -0.152. The molecule has 0 bridgehead atoms. The van der Waals surface area contributed by atoms with Gasteiger partial charge in [-0.2, -0.15) is 0 Å². The minimum atomic E-state index is -1.00. The van der Waals surface area contributed by atoms with Crippen molar-refractivity contribution in [1.29, 1.82) is 0 Å². The molecule has 1 aliphatic heterocycles. The van der Waals surface area contributed by atoms with Crippen LogP contribution in [-0.4, -0.2) is 86.9 Å². The Labute approximate surface area is 301 Å². The summed E-state index contributed by atoms with van der Waals surface area (Å²) in [6, 6.07) is -3.72. The molecule has 13 nitrogen and oxygen atoms in total. The minimum absolute atomic E-state index is 0.00674. The molecular formula is C38H57N7O6. The van der Waals surface area contributed by atoms with Crippen molar-refractivity contribution in [3.8, 4) is 0 Å². The number of carbonyl (C=O) groups excluding carboxylic acids is 6. The summed E-state index contributed by atoms with van der Waals surface area (Å²) in [6.07, 6.45) is 15.7. The van der Waals surface area contributed by atoms with Crippen LogP contribution in [0.3, 0.4) is 0 Å². The van der Waals surface area contributed by atoms with E-state index in [9.17, 15) is 28.8 Å². The van der Waals surface area contributed by atoms with Crippen LogP contribution in [0, 0.1) is 23.2 Å². The van der Waals surface area contributed by atoms with Gasteiger partial charge in [-0.05, 0) is 74.5 Å². The first-order valence-corrected chi connectivity index (χ1v) is 19.2. The third-order valence-electron chi connectivity index (χ3n) is 11.5. The molecular weight excluding hydrogens is 650 g/mol. The molecule has 3 aliphatic carbocycles. The summed E-state index contributed by atoms with van der Waals surface area (Å²) in [7, 11) is 0. The highest BCUT2D eigenvalue weighted by Crippen LogP contribution is 2.42. The number of aromatic nitrogens is 2. The van der Waals surface area contributed by atoms with Gasteiger partial charge < -0.3 is 26.2 Å². The second kappa shape index (κ2) is 17.1. The number of rotatable bonds is 13. The predicted octanol–water partition coefficient (Wildman–Crippen LogP) is 3.23. The summed E-state index contributed by atoms with van der Waals surface area (Å²) in [4.78, 5) is 92.3. The van der Waals surface area contributed by atoms with Gasteiger partial charge in [0.25, 0.3) is 11.8 Å². The van der Waals surface area contributed by atoms with Crippen LogP contribution in [-0.2, 0) is 24.0 Å². The van der Waals surface area contributed by atoms with Crippen molar-refractivity contribution < 1.29 is 28.8 Å². The highest BCUT2D eigenvalue weighted by Gasteiger charge is 2.50. The largest absolute Gasteiger partial charge is 0.347 e. The Morgan fingerprint density at radius 2 is 1.59 bits per heavy atom. The molecule has 1 saturated heterocycles. The molecule has 0 aromatic carbocycles. The van der Waals surface area contributed by atoms with E-state index >= 15 is 0 Å². The van der Waals surface area contributed by atoms with E-state index in [-0.39, 0.29) is 35.4 Å². The Balaban J connectivity index is 1.37. The number of Topliss-reactive ketones (excluding diaryl/α,β-unsaturated/α-hetero) is 1. The van der Waals surface area contributed by atoms with Gasteiger partial charge in [0.05, 0.1) is 12.2 Å². The van der Waals surface area contributed by atoms with Gasteiger partial charge in [0.1, 0.15) is 23.8 Å². The molecule has 6 atom stereocenters. The average molecular weight is 708 g/mol. The number of ketones is 1. The van der Waals surface area contributed by atoms with E-state index in [4.69, 9.17) is 0 Å². The number of hydrogen-bond acceptors (Lipinski definition) is 8. The zero-order valence-corrected chi connectivity index (χ0v) is 30.7. The number of carbonyl (C=O) groups is 6. The maximum atomic E-state index is 14.7. The summed E-state index contributed by atoms with van der Waals surface area (Å²) >= 11 is 0. The zero-order chi connectivity index (χ0) is 36.7. The molecule has 0 radical (unpaired) electrons. The van der Waals surface area contributed by atoms with E-state index in [0.717, 1.165) is 77.0 Å². The summed E-state index contributed by atoms with van der Waals surface area (Å²) in [5.41, 5.74) is -0.643. The fourth-order valence-electron chi connectivity index (χ4n) is 8.42. The smallest absolute Gasteiger partial charge is 0.289 e. The SMILES string of the molecule is CCC[C@H](NC(=O)C1[C@H]2CCC[C@H]2CCN1C(=O)[C@@H](NC(=O)C(NC(=O)c1cnccn1)C1CCCCC1)C(C)(C)C)C(=O)C(=O)NC1CCC1. The molecule has 4 aliphatic rings. The number of likely N-dealkylation sites (tertiary alicyclic amines) is 1. The van der Waals surface area contributed by atoms with Gasteiger partial charge in [0.15, 0.2) is 0 Å². The molecule has 0 spiro atoms. The van der Waals surface area contributed by atoms with E-state index in [2.05, 4.69) is 31.2 Å². The summed E-state index contributed by atoms with van der Waals surface area (Å²) < 4.78 is 0. The van der Waals surface area contributed by atoms with Crippen LogP contribution in [0.25, 0.3) is 0 Å². The van der Waals surface area contributed by atoms with E-state index in [1.165, 1.54) is 18.6 Å². The van der Waals surface area contributed by atoms with E-state index in [0.29, 0.717) is 19.4 Å². The normalized spacial score (nSPS) is 24.2. The van der Waals surface area contributed by atoms with Gasteiger partial charge in [-0.25, -0.2) is 4.98 Å². The van der Waals surface area contributed by atoms with E-state index in [1.54, 1.807) is 4.90 Å². The topological polar surface area (TPSA) is 180 Å². The third kappa shape index (κ3) is 9.32. The predicted molar refractivity (Wildman–Crippen MR) is 190 cm³/mol. The minimum Gasteiger partial charge on any atom is -0.347 e. The molecule has 3 saturated carbocycles. The molecule has 280 valence electrons. The highest BCUT2D eigenvalue weighted by molar-refractivity contribution is 6.38. The third-order valence-corrected chi connectivity index (χ3v) is 11.5. The maximum absolute atomic E-state index is 14.7. The van der Waals surface area contributed by atoms with Crippen molar-refractivity contribution in [3.05, 3.63) is 24.3 Å². The van der Waals surface area contributed by atoms with Crippen molar-refractivity contribution in [1.82, 2.24) is 36.1 Å². The Kier molecular flexibility index (Phi) is 12.8. The van der Waals surface area contributed by atoms with Gasteiger partial charge >= 0.3 is 0 Å². The average Bonchev–Trinajstić information content (AvgIpc) is 3.59. The number of nitrogens with one attached hydrogen (secondary N) is 4. The van der Waals surface area contributed by atoms with Crippen LogP contribution in [0.4, 0.5) is 0 Å². The van der Waals surface area contributed by atoms with Gasteiger partial charge in [0.2, 0.25) is 23.5 Å². The molecule has 13 heteroatoms. The van der Waals surface area contributed by atoms with Crippen LogP contribution in [0.1, 0.15) is 128 Å². The molecule has 4 fully saturated rings. The fraction of sp³-hybridized carbons (Fsp3) is 0.737. The van der Waals surface area contributed by atoms with Crippen LogP contribution >= 0.6 is 0 Å². The highest BCUT2D eigenvalue weighted by atomic mass is 16.2. The molecule has 5 amide bonds. The van der Waals surface area contributed by atoms with Crippen LogP contribution in [0.15, 0.2) is 18.6 Å². The van der Waals surface area contributed by atoms with Gasteiger partial charge in [-0.15, -0.1) is 0 Å². The first-order valence-electron chi connectivity index (χ1n) is 19.2. The van der Waals surface area contributed by atoms with Crippen molar-refractivity contribution in [3.63, 3.8) is 0 Å². The Bertz CT molecular complexity index is 1420. The first-order chi connectivity index (χ1) is 24.4. The molecule has 1 aromatic rings. The van der Waals surface area contributed by atoms with E-state index in [1.807, 2.05) is 27.7 Å². The monoisotopic (exact) mass is 707 g/mol. The molecule has 2 heterocycles. The number of amides is 5. The van der Waals surface area contributed by atoms with Gasteiger partial charge in [-0.3, -0.25) is 33.8 Å². The van der Waals surface area contributed by atoms with Gasteiger partial charge in [0, 0.05) is 25.0 Å². The van der Waals surface area contributed by atoms with Crippen molar-refractivity contribution in [2.75, 3.05) is 6.54 Å². The molecule has 51 heavy (non-hydrogen) atoms. The fourth-order valence-corrected chi connectivity index (χ4v) is 8.42. The maximum Gasteiger partial charge on any atom is 0.289 e. The lowest BCUT2D eigenvalue weighted by Gasteiger charge is -2.45. The van der Waals surface area contributed by atoms with Crippen LogP contribution in [0.5, 0.6) is 0 Å². The van der Waals surface area contributed by atoms with Crippen molar-refractivity contribution in [2.45, 2.75) is 148 Å². The lowest BCUT2D eigenvalue weighted by Crippen LogP contribution is -2.65. The van der Waals surface area contributed by atoms with Crippen LogP contribution in [0.2, 0.25) is 0 Å². The van der Waals surface area contributed by atoms with E-state index < -0.39 is 59.0 Å². The molecule has 5 rings (SSSR count). The van der Waals surface area contributed by atoms with Gasteiger partial charge in [-0.1, -0.05) is 66.2 Å². The molecule has 1 aromatic heterocycles. The standard InChI is InChI=1S/C38H57N7O6/c1-5-11-27(31(46)36(50)41-25-15-10-16-25)42-35(49)30-26-17-9-14-23(26)18-21-45(30)37(51)32(38(2,3)4)44-34(48)29(24-12-7-6-8-13-24)43-33(47)28-22-39-19-20-40-28/h19-20,22-27,29-30,32H,5-18,21H2,1-4H3,(H,41,50)(H,42,49)(H,43,47)(H,44,48)/t23-,26-,27-,29?,30?,32+/m0/s1. The number of piperidine rings is 1. The quantitative estimate of drug-likeness (QED) is 0.226. The molecule has 2 unspecified atom stereocenters. The summed E-state index contributed by atoms with van der Waals surface area (Å²) in [5.74, 6) is -3.04. The second-order valence-electron chi connectivity index (χ2n) is 16.2. The summed E-state index contributed by atoms with van der Waals surface area (Å²) in [6.45, 7) is 7.85. The Morgan fingerprint density at radius 3 is 2.22 bits per heavy atom. The number of nitrogens with zero attached hydrogens (tertiary/aromatic N) is 3.